The van der Waals surface area contributed by atoms with Crippen LogP contribution in [-0.2, 0) is 18.7 Å². The monoisotopic (exact) mass is 347 g/mol. The first kappa shape index (κ1) is 21.9. The summed E-state index contributed by atoms with van der Waals surface area (Å²) in [5.74, 6) is -0.505. The van der Waals surface area contributed by atoms with E-state index in [0.29, 0.717) is 13.0 Å². The highest BCUT2D eigenvalue weighted by Crippen LogP contribution is 2.36. The fourth-order valence-electron chi connectivity index (χ4n) is 1.49. The Kier molecular flexibility index (Phi) is 7.76. The minimum atomic E-state index is -1.89. The first-order valence-corrected chi connectivity index (χ1v) is 10.8. The number of ether oxygens (including phenoxy) is 2. The van der Waals surface area contributed by atoms with Crippen molar-refractivity contribution in [2.75, 3.05) is 13.7 Å². The smallest absolute Gasteiger partial charge is 0.408 e. The SMILES string of the molecule is COC(=O)C(CCO[Si](C)(C)C(C)(C)C)NC(=O)OC(C)(C)C. The average molecular weight is 348 g/mol. The standard InChI is InChI=1S/C16H33NO5Si/c1-15(2,3)22-14(19)17-12(13(18)20-7)10-11-21-23(8,9)16(4,5)6/h12H,10-11H2,1-9H3,(H,17,19). The maximum Gasteiger partial charge on any atom is 0.408 e. The van der Waals surface area contributed by atoms with Gasteiger partial charge in [0.1, 0.15) is 11.6 Å². The van der Waals surface area contributed by atoms with Gasteiger partial charge in [-0.2, -0.15) is 0 Å². The van der Waals surface area contributed by atoms with Gasteiger partial charge in [-0.25, -0.2) is 9.59 Å². The van der Waals surface area contributed by atoms with E-state index in [1.54, 1.807) is 20.8 Å². The maximum atomic E-state index is 11.8. The Morgan fingerprint density at radius 3 is 2.00 bits per heavy atom. The zero-order chi connectivity index (χ0) is 18.5. The number of nitrogens with one attached hydrogen (secondary N) is 1. The third-order valence-electron chi connectivity index (χ3n) is 3.85. The summed E-state index contributed by atoms with van der Waals surface area (Å²) in [5, 5.41) is 2.64. The van der Waals surface area contributed by atoms with Crippen LogP contribution in [0.25, 0.3) is 0 Å². The Morgan fingerprint density at radius 2 is 1.61 bits per heavy atom. The molecule has 0 aromatic rings. The maximum absolute atomic E-state index is 11.8. The molecule has 0 spiro atoms. The first-order chi connectivity index (χ1) is 10.2. The van der Waals surface area contributed by atoms with E-state index < -0.39 is 32.0 Å². The second-order valence-corrected chi connectivity index (χ2v) is 12.9. The Balaban J connectivity index is 4.65. The summed E-state index contributed by atoms with van der Waals surface area (Å²) in [6, 6.07) is -0.778. The summed E-state index contributed by atoms with van der Waals surface area (Å²) in [7, 11) is -0.598. The predicted octanol–water partition coefficient (Wildman–Crippen LogP) is 3.46. The van der Waals surface area contributed by atoms with Crippen LogP contribution >= 0.6 is 0 Å². The van der Waals surface area contributed by atoms with Crippen molar-refractivity contribution in [2.45, 2.75) is 77.7 Å². The van der Waals surface area contributed by atoms with Crippen molar-refractivity contribution in [2.24, 2.45) is 0 Å². The summed E-state index contributed by atoms with van der Waals surface area (Å²) in [6.07, 6.45) is -0.293. The molecule has 1 unspecified atom stereocenters. The lowest BCUT2D eigenvalue weighted by atomic mass is 10.2. The van der Waals surface area contributed by atoms with E-state index in [1.807, 2.05) is 0 Å². The molecule has 0 aliphatic rings. The number of hydrogen-bond donors (Lipinski definition) is 1. The van der Waals surface area contributed by atoms with Gasteiger partial charge in [0, 0.05) is 13.0 Å². The van der Waals surface area contributed by atoms with Gasteiger partial charge in [0.15, 0.2) is 8.32 Å². The van der Waals surface area contributed by atoms with E-state index in [1.165, 1.54) is 7.11 Å². The number of carbonyl (C=O) groups is 2. The molecule has 0 fully saturated rings. The third kappa shape index (κ3) is 8.36. The van der Waals surface area contributed by atoms with Crippen molar-refractivity contribution in [1.29, 1.82) is 0 Å². The van der Waals surface area contributed by atoms with Crippen LogP contribution < -0.4 is 5.32 Å². The molecule has 0 aromatic heterocycles. The quantitative estimate of drug-likeness (QED) is 0.588. The van der Waals surface area contributed by atoms with Crippen LogP contribution in [0.4, 0.5) is 4.79 Å². The zero-order valence-electron chi connectivity index (χ0n) is 16.0. The number of esters is 1. The van der Waals surface area contributed by atoms with Gasteiger partial charge in [-0.05, 0) is 38.9 Å². The van der Waals surface area contributed by atoms with Crippen LogP contribution in [-0.4, -0.2) is 45.7 Å². The zero-order valence-corrected chi connectivity index (χ0v) is 17.0. The molecule has 0 radical (unpaired) electrons. The molecule has 0 heterocycles. The Bertz CT molecular complexity index is 410. The van der Waals surface area contributed by atoms with Crippen molar-refractivity contribution >= 4 is 20.4 Å². The van der Waals surface area contributed by atoms with Crippen molar-refractivity contribution in [3.8, 4) is 0 Å². The lowest BCUT2D eigenvalue weighted by Gasteiger charge is -2.36. The number of hydrogen-bond acceptors (Lipinski definition) is 5. The molecule has 1 amide bonds. The summed E-state index contributed by atoms with van der Waals surface area (Å²) in [6.45, 7) is 16.4. The van der Waals surface area contributed by atoms with Gasteiger partial charge >= 0.3 is 12.1 Å². The molecule has 6 nitrogen and oxygen atoms in total. The molecule has 0 rings (SSSR count). The molecule has 0 aliphatic heterocycles. The van der Waals surface area contributed by atoms with Crippen LogP contribution in [0.15, 0.2) is 0 Å². The lowest BCUT2D eigenvalue weighted by molar-refractivity contribution is -0.143. The van der Waals surface area contributed by atoms with Gasteiger partial charge in [0.05, 0.1) is 7.11 Å². The van der Waals surface area contributed by atoms with Crippen LogP contribution in [0.5, 0.6) is 0 Å². The van der Waals surface area contributed by atoms with E-state index >= 15 is 0 Å². The van der Waals surface area contributed by atoms with E-state index in [9.17, 15) is 9.59 Å². The minimum absolute atomic E-state index is 0.0896. The molecular formula is C16H33NO5Si. The van der Waals surface area contributed by atoms with Crippen LogP contribution in [0, 0.1) is 0 Å². The molecule has 0 saturated heterocycles. The second-order valence-electron chi connectivity index (χ2n) is 8.12. The molecule has 7 heteroatoms. The number of alkyl carbamates (subject to hydrolysis) is 1. The summed E-state index contributed by atoms with van der Waals surface area (Å²) < 4.78 is 16.0. The average Bonchev–Trinajstić information content (AvgIpc) is 2.32. The van der Waals surface area contributed by atoms with Crippen molar-refractivity contribution in [3.63, 3.8) is 0 Å². The molecular weight excluding hydrogens is 314 g/mol. The number of methoxy groups -OCH3 is 1. The Hall–Kier alpha value is -1.08. The number of amides is 1. The highest BCUT2D eigenvalue weighted by Gasteiger charge is 2.37. The van der Waals surface area contributed by atoms with E-state index in [-0.39, 0.29) is 5.04 Å². The lowest BCUT2D eigenvalue weighted by Crippen LogP contribution is -2.46. The molecule has 0 saturated carbocycles. The summed E-state index contributed by atoms with van der Waals surface area (Å²) in [4.78, 5) is 23.7. The van der Waals surface area contributed by atoms with Crippen LogP contribution in [0.1, 0.15) is 48.0 Å². The normalized spacial score (nSPS) is 14.1. The fraction of sp³-hybridized carbons (Fsp3) is 0.875. The minimum Gasteiger partial charge on any atom is -0.467 e. The fourth-order valence-corrected chi connectivity index (χ4v) is 2.55. The second kappa shape index (κ2) is 8.15. The highest BCUT2D eigenvalue weighted by atomic mass is 28.4. The predicted molar refractivity (Wildman–Crippen MR) is 92.9 cm³/mol. The van der Waals surface area contributed by atoms with Gasteiger partial charge in [0.2, 0.25) is 0 Å². The summed E-state index contributed by atoms with van der Waals surface area (Å²) >= 11 is 0. The van der Waals surface area contributed by atoms with E-state index in [4.69, 9.17) is 13.9 Å². The molecule has 1 atom stereocenters. The third-order valence-corrected chi connectivity index (χ3v) is 8.39. The van der Waals surface area contributed by atoms with Gasteiger partial charge in [-0.1, -0.05) is 20.8 Å². The van der Waals surface area contributed by atoms with E-state index in [2.05, 4.69) is 39.2 Å². The van der Waals surface area contributed by atoms with Crippen molar-refractivity contribution in [3.05, 3.63) is 0 Å². The topological polar surface area (TPSA) is 73.9 Å². The highest BCUT2D eigenvalue weighted by molar-refractivity contribution is 6.74. The molecule has 136 valence electrons. The van der Waals surface area contributed by atoms with Gasteiger partial charge in [0.25, 0.3) is 0 Å². The van der Waals surface area contributed by atoms with Gasteiger partial charge in [-0.15, -0.1) is 0 Å². The molecule has 0 aromatic carbocycles. The van der Waals surface area contributed by atoms with Crippen molar-refractivity contribution in [1.82, 2.24) is 5.32 Å². The van der Waals surface area contributed by atoms with Crippen LogP contribution in [0.2, 0.25) is 18.1 Å². The van der Waals surface area contributed by atoms with Gasteiger partial charge in [-0.3, -0.25) is 0 Å². The molecule has 0 bridgehead atoms. The number of carbonyl (C=O) groups excluding carboxylic acids is 2. The molecule has 1 N–H and O–H groups in total. The molecule has 23 heavy (non-hydrogen) atoms. The first-order valence-electron chi connectivity index (χ1n) is 7.91. The Morgan fingerprint density at radius 1 is 1.09 bits per heavy atom. The van der Waals surface area contributed by atoms with Crippen LogP contribution in [0.3, 0.4) is 0 Å². The summed E-state index contributed by atoms with van der Waals surface area (Å²) in [5.41, 5.74) is -0.623. The Labute approximate surface area is 141 Å². The largest absolute Gasteiger partial charge is 0.467 e. The molecule has 0 aliphatic carbocycles. The van der Waals surface area contributed by atoms with Gasteiger partial charge < -0.3 is 19.2 Å². The van der Waals surface area contributed by atoms with Crippen molar-refractivity contribution < 1.29 is 23.5 Å². The van der Waals surface area contributed by atoms with E-state index in [0.717, 1.165) is 0 Å². The number of rotatable bonds is 6.